The molecule has 0 spiro atoms. The summed E-state index contributed by atoms with van der Waals surface area (Å²) in [5.41, 5.74) is 17.5. The van der Waals surface area contributed by atoms with E-state index in [2.05, 4.69) is 10.2 Å². The molecule has 6 heteroatoms. The summed E-state index contributed by atoms with van der Waals surface area (Å²) < 4.78 is 5.22. The smallest absolute Gasteiger partial charge is 0.153 e. The van der Waals surface area contributed by atoms with Crippen molar-refractivity contribution in [3.8, 4) is 45.0 Å². The number of phenolic OH excluding ortho intramolecular Hbond substituents is 1. The van der Waals surface area contributed by atoms with E-state index in [4.69, 9.17) is 16.2 Å². The van der Waals surface area contributed by atoms with E-state index in [0.717, 1.165) is 33.7 Å². The van der Waals surface area contributed by atoms with Crippen LogP contribution in [0.1, 0.15) is 0 Å². The Balaban J connectivity index is 1.84. The second-order valence-corrected chi connectivity index (χ2v) is 6.44. The number of methoxy groups -OCH3 is 1. The third-order valence-electron chi connectivity index (χ3n) is 4.66. The highest BCUT2D eigenvalue weighted by Crippen LogP contribution is 2.39. The van der Waals surface area contributed by atoms with Gasteiger partial charge >= 0.3 is 0 Å². The van der Waals surface area contributed by atoms with Crippen molar-refractivity contribution in [3.05, 3.63) is 66.7 Å². The van der Waals surface area contributed by atoms with Gasteiger partial charge in [-0.05, 0) is 59.7 Å². The summed E-state index contributed by atoms with van der Waals surface area (Å²) in [6, 6.07) is 20.4. The molecule has 140 valence electrons. The van der Waals surface area contributed by atoms with Gasteiger partial charge in [-0.15, -0.1) is 0 Å². The van der Waals surface area contributed by atoms with Gasteiger partial charge in [-0.25, -0.2) is 0 Å². The van der Waals surface area contributed by atoms with Gasteiger partial charge in [0.15, 0.2) is 5.82 Å². The monoisotopic (exact) mass is 372 g/mol. The van der Waals surface area contributed by atoms with Crippen LogP contribution >= 0.6 is 0 Å². The van der Waals surface area contributed by atoms with Crippen molar-refractivity contribution >= 4 is 11.5 Å². The normalized spacial score (nSPS) is 10.8. The molecule has 0 fully saturated rings. The van der Waals surface area contributed by atoms with Crippen LogP contribution in [0.3, 0.4) is 0 Å². The molecule has 6 nitrogen and oxygen atoms in total. The molecule has 0 atom stereocenters. The van der Waals surface area contributed by atoms with E-state index in [1.54, 1.807) is 19.2 Å². The highest BCUT2D eigenvalue weighted by atomic mass is 16.5. The van der Waals surface area contributed by atoms with E-state index in [9.17, 15) is 5.11 Å². The summed E-state index contributed by atoms with van der Waals surface area (Å²) in [4.78, 5) is 0. The molecule has 0 unspecified atom stereocenters. The van der Waals surface area contributed by atoms with E-state index in [-0.39, 0.29) is 5.75 Å². The number of anilines is 2. The van der Waals surface area contributed by atoms with Crippen molar-refractivity contribution in [2.45, 2.75) is 0 Å². The van der Waals surface area contributed by atoms with Crippen LogP contribution < -0.4 is 16.2 Å². The zero-order valence-corrected chi connectivity index (χ0v) is 15.3. The average molecular weight is 372 g/mol. The Morgan fingerprint density at radius 2 is 1.64 bits per heavy atom. The van der Waals surface area contributed by atoms with Gasteiger partial charge in [-0.2, -0.15) is 5.10 Å². The maximum Gasteiger partial charge on any atom is 0.153 e. The fourth-order valence-electron chi connectivity index (χ4n) is 3.24. The first-order chi connectivity index (χ1) is 13.6. The molecule has 4 aromatic rings. The highest BCUT2D eigenvalue weighted by molar-refractivity contribution is 5.90. The minimum Gasteiger partial charge on any atom is -0.507 e. The van der Waals surface area contributed by atoms with Gasteiger partial charge in [0.05, 0.1) is 18.4 Å². The minimum absolute atomic E-state index is 0.169. The number of benzene rings is 3. The van der Waals surface area contributed by atoms with Crippen LogP contribution in [-0.4, -0.2) is 22.4 Å². The molecule has 0 aliphatic carbocycles. The summed E-state index contributed by atoms with van der Waals surface area (Å²) in [5, 5.41) is 17.6. The van der Waals surface area contributed by atoms with Crippen molar-refractivity contribution in [3.63, 3.8) is 0 Å². The quantitative estimate of drug-likeness (QED) is 0.400. The van der Waals surface area contributed by atoms with Crippen LogP contribution in [0.4, 0.5) is 11.5 Å². The molecule has 1 heterocycles. The predicted molar refractivity (Wildman–Crippen MR) is 112 cm³/mol. The van der Waals surface area contributed by atoms with Gasteiger partial charge < -0.3 is 21.3 Å². The van der Waals surface area contributed by atoms with Crippen molar-refractivity contribution < 1.29 is 9.84 Å². The molecule has 1 aromatic heterocycles. The number of ether oxygens (including phenoxy) is 1. The number of aromatic nitrogens is 2. The second kappa shape index (κ2) is 7.00. The first-order valence-electron chi connectivity index (χ1n) is 8.74. The second-order valence-electron chi connectivity index (χ2n) is 6.44. The molecular weight excluding hydrogens is 352 g/mol. The molecule has 28 heavy (non-hydrogen) atoms. The third kappa shape index (κ3) is 3.12. The lowest BCUT2D eigenvalue weighted by Crippen LogP contribution is -1.91. The number of nitrogens with zero attached hydrogens (tertiary/aromatic N) is 1. The first kappa shape index (κ1) is 17.5. The standard InChI is InChI=1S/C22H20N4O2/c1-28-17-8-5-13(6-9-17)21-20(22(24)26-25-21)15-7-10-19(27)18(12-15)14-3-2-4-16(23)11-14/h2-12,27H,23H2,1H3,(H3,24,25,26). The number of phenols is 1. The van der Waals surface area contributed by atoms with Crippen molar-refractivity contribution in [2.24, 2.45) is 0 Å². The molecule has 0 amide bonds. The summed E-state index contributed by atoms with van der Waals surface area (Å²) >= 11 is 0. The van der Waals surface area contributed by atoms with E-state index in [1.807, 2.05) is 54.6 Å². The summed E-state index contributed by atoms with van der Waals surface area (Å²) in [7, 11) is 1.63. The largest absolute Gasteiger partial charge is 0.507 e. The SMILES string of the molecule is COc1ccc(-c2[nH]nc(N)c2-c2ccc(O)c(-c3cccc(N)c3)c2)cc1. The number of hydrogen-bond acceptors (Lipinski definition) is 5. The number of nitrogens with two attached hydrogens (primary N) is 2. The van der Waals surface area contributed by atoms with Gasteiger partial charge in [-0.1, -0.05) is 18.2 Å². The lowest BCUT2D eigenvalue weighted by molar-refractivity contribution is 0.415. The van der Waals surface area contributed by atoms with Gasteiger partial charge in [0.25, 0.3) is 0 Å². The molecule has 3 aromatic carbocycles. The Morgan fingerprint density at radius 3 is 2.36 bits per heavy atom. The third-order valence-corrected chi connectivity index (χ3v) is 4.66. The van der Waals surface area contributed by atoms with Gasteiger partial charge in [-0.3, -0.25) is 5.10 Å². The number of H-pyrrole nitrogens is 1. The number of aromatic amines is 1. The number of hydrogen-bond donors (Lipinski definition) is 4. The average Bonchev–Trinajstić information content (AvgIpc) is 3.10. The molecule has 0 aliphatic heterocycles. The topological polar surface area (TPSA) is 110 Å². The molecule has 0 radical (unpaired) electrons. The lowest BCUT2D eigenvalue weighted by atomic mass is 9.96. The Labute approximate surface area is 162 Å². The number of rotatable bonds is 4. The van der Waals surface area contributed by atoms with Crippen LogP contribution in [0.2, 0.25) is 0 Å². The molecule has 0 aliphatic rings. The fraction of sp³-hybridized carbons (Fsp3) is 0.0455. The molecule has 4 rings (SSSR count). The van der Waals surface area contributed by atoms with Crippen molar-refractivity contribution in [1.82, 2.24) is 10.2 Å². The van der Waals surface area contributed by atoms with Crippen LogP contribution in [0.5, 0.6) is 11.5 Å². The number of nitrogen functional groups attached to an aromatic ring is 2. The predicted octanol–water partition coefficient (Wildman–Crippen LogP) is 4.29. The Morgan fingerprint density at radius 1 is 0.893 bits per heavy atom. The molecule has 0 saturated carbocycles. The van der Waals surface area contributed by atoms with E-state index >= 15 is 0 Å². The van der Waals surface area contributed by atoms with Crippen LogP contribution in [0.25, 0.3) is 33.5 Å². The van der Waals surface area contributed by atoms with Gasteiger partial charge in [0.1, 0.15) is 11.5 Å². The van der Waals surface area contributed by atoms with Gasteiger partial charge in [0.2, 0.25) is 0 Å². The zero-order chi connectivity index (χ0) is 19.7. The molecule has 0 bridgehead atoms. The highest BCUT2D eigenvalue weighted by Gasteiger charge is 2.17. The lowest BCUT2D eigenvalue weighted by Gasteiger charge is -2.10. The molecular formula is C22H20N4O2. The van der Waals surface area contributed by atoms with Crippen LogP contribution in [-0.2, 0) is 0 Å². The molecule has 0 saturated heterocycles. The minimum atomic E-state index is 0.169. The Kier molecular flexibility index (Phi) is 4.37. The maximum atomic E-state index is 10.4. The first-order valence-corrected chi connectivity index (χ1v) is 8.74. The van der Waals surface area contributed by atoms with Crippen LogP contribution in [0, 0.1) is 0 Å². The number of aromatic hydroxyl groups is 1. The summed E-state index contributed by atoms with van der Waals surface area (Å²) in [6.45, 7) is 0. The zero-order valence-electron chi connectivity index (χ0n) is 15.3. The van der Waals surface area contributed by atoms with Crippen LogP contribution in [0.15, 0.2) is 66.7 Å². The van der Waals surface area contributed by atoms with Crippen molar-refractivity contribution in [2.75, 3.05) is 18.6 Å². The molecule has 6 N–H and O–H groups in total. The Hall–Kier alpha value is -3.93. The van der Waals surface area contributed by atoms with E-state index in [0.29, 0.717) is 17.1 Å². The number of nitrogens with one attached hydrogen (secondary N) is 1. The van der Waals surface area contributed by atoms with Gasteiger partial charge in [0, 0.05) is 16.8 Å². The van der Waals surface area contributed by atoms with E-state index in [1.165, 1.54) is 0 Å². The fourth-order valence-corrected chi connectivity index (χ4v) is 3.24. The van der Waals surface area contributed by atoms with E-state index < -0.39 is 0 Å². The van der Waals surface area contributed by atoms with Crippen molar-refractivity contribution in [1.29, 1.82) is 0 Å². The maximum absolute atomic E-state index is 10.4. The summed E-state index contributed by atoms with van der Waals surface area (Å²) in [6.07, 6.45) is 0. The Bertz CT molecular complexity index is 1130. The summed E-state index contributed by atoms with van der Waals surface area (Å²) in [5.74, 6) is 1.32.